The minimum Gasteiger partial charge on any atom is -0.207 e. The van der Waals surface area contributed by atoms with Gasteiger partial charge in [-0.2, -0.15) is 0 Å². The van der Waals surface area contributed by atoms with E-state index >= 15 is 0 Å². The van der Waals surface area contributed by atoms with E-state index in [4.69, 9.17) is 0 Å². The molecular weight excluding hydrogens is 282 g/mol. The van der Waals surface area contributed by atoms with Crippen LogP contribution in [0.1, 0.15) is 19.4 Å². The smallest absolute Gasteiger partial charge is 0.207 e. The minimum absolute atomic E-state index is 0.127. The fourth-order valence-corrected chi connectivity index (χ4v) is 3.55. The van der Waals surface area contributed by atoms with E-state index in [1.807, 2.05) is 50.2 Å². The molecule has 0 saturated heterocycles. The zero-order valence-corrected chi connectivity index (χ0v) is 13.2. The van der Waals surface area contributed by atoms with Gasteiger partial charge < -0.3 is 0 Å². The van der Waals surface area contributed by atoms with Gasteiger partial charge in [0, 0.05) is 6.04 Å². The summed E-state index contributed by atoms with van der Waals surface area (Å²) in [6.45, 7) is 4.06. The second kappa shape index (κ2) is 6.87. The highest BCUT2D eigenvalue weighted by molar-refractivity contribution is 7.89. The Bertz CT molecular complexity index is 652. The van der Waals surface area contributed by atoms with Crippen LogP contribution in [0.25, 0.3) is 0 Å². The first-order chi connectivity index (χ1) is 9.99. The summed E-state index contributed by atoms with van der Waals surface area (Å²) in [5.74, 6) is 0.212. The van der Waals surface area contributed by atoms with Gasteiger partial charge in [-0.05, 0) is 30.0 Å². The molecule has 2 rings (SSSR count). The summed E-state index contributed by atoms with van der Waals surface area (Å²) in [7, 11) is -3.47. The third kappa shape index (κ3) is 4.41. The molecule has 0 amide bonds. The van der Waals surface area contributed by atoms with Crippen molar-refractivity contribution in [2.45, 2.75) is 31.2 Å². The maximum Gasteiger partial charge on any atom is 0.240 e. The van der Waals surface area contributed by atoms with Gasteiger partial charge in [-0.25, -0.2) is 13.1 Å². The van der Waals surface area contributed by atoms with Crippen molar-refractivity contribution in [1.29, 1.82) is 0 Å². The predicted octanol–water partition coefficient (Wildman–Crippen LogP) is 3.23. The molecule has 3 nitrogen and oxygen atoms in total. The second-order valence-electron chi connectivity index (χ2n) is 5.47. The highest BCUT2D eigenvalue weighted by atomic mass is 32.2. The van der Waals surface area contributed by atoms with E-state index in [-0.39, 0.29) is 12.0 Å². The Kier molecular flexibility index (Phi) is 5.15. The third-order valence-corrected chi connectivity index (χ3v) is 4.97. The average Bonchev–Trinajstić information content (AvgIpc) is 2.48. The first kappa shape index (κ1) is 15.7. The Balaban J connectivity index is 2.17. The van der Waals surface area contributed by atoms with Gasteiger partial charge in [0.1, 0.15) is 0 Å². The standard InChI is InChI=1S/C17H21NO2S/c1-14(2)17(13-15-9-5-3-6-10-15)18-21(19,20)16-11-7-4-8-12-16/h3-12,14,17-18H,13H2,1-2H3. The summed E-state index contributed by atoms with van der Waals surface area (Å²) in [5.41, 5.74) is 1.13. The van der Waals surface area contributed by atoms with Gasteiger partial charge in [0.2, 0.25) is 10.0 Å². The van der Waals surface area contributed by atoms with Crippen LogP contribution in [0.2, 0.25) is 0 Å². The zero-order valence-electron chi connectivity index (χ0n) is 12.4. The Labute approximate surface area is 127 Å². The van der Waals surface area contributed by atoms with Crippen molar-refractivity contribution in [2.75, 3.05) is 0 Å². The number of benzene rings is 2. The normalized spacial score (nSPS) is 13.3. The lowest BCUT2D eigenvalue weighted by molar-refractivity contribution is 0.445. The molecule has 112 valence electrons. The lowest BCUT2D eigenvalue weighted by Crippen LogP contribution is -2.40. The third-order valence-electron chi connectivity index (χ3n) is 3.46. The minimum atomic E-state index is -3.47. The molecule has 4 heteroatoms. The van der Waals surface area contributed by atoms with Gasteiger partial charge in [0.05, 0.1) is 4.90 Å². The van der Waals surface area contributed by atoms with E-state index in [0.717, 1.165) is 5.56 Å². The molecule has 1 N–H and O–H groups in total. The number of nitrogens with one attached hydrogen (secondary N) is 1. The van der Waals surface area contributed by atoms with E-state index in [1.165, 1.54) is 0 Å². The first-order valence-corrected chi connectivity index (χ1v) is 8.58. The number of sulfonamides is 1. The van der Waals surface area contributed by atoms with Crippen molar-refractivity contribution in [3.8, 4) is 0 Å². The van der Waals surface area contributed by atoms with E-state index in [0.29, 0.717) is 11.3 Å². The van der Waals surface area contributed by atoms with Crippen molar-refractivity contribution < 1.29 is 8.42 Å². The van der Waals surface area contributed by atoms with Gasteiger partial charge >= 0.3 is 0 Å². The molecule has 0 aliphatic rings. The topological polar surface area (TPSA) is 46.2 Å². The van der Waals surface area contributed by atoms with E-state index < -0.39 is 10.0 Å². The molecule has 0 aliphatic heterocycles. The average molecular weight is 303 g/mol. The summed E-state index contributed by atoms with van der Waals surface area (Å²) in [6, 6.07) is 18.3. The Morgan fingerprint density at radius 1 is 0.905 bits per heavy atom. The van der Waals surface area contributed by atoms with Crippen molar-refractivity contribution in [3.63, 3.8) is 0 Å². The molecule has 0 bridgehead atoms. The van der Waals surface area contributed by atoms with Gasteiger partial charge in [0.25, 0.3) is 0 Å². The molecule has 21 heavy (non-hydrogen) atoms. The Hall–Kier alpha value is -1.65. The van der Waals surface area contributed by atoms with Crippen molar-refractivity contribution in [3.05, 3.63) is 66.2 Å². The maximum absolute atomic E-state index is 12.4. The summed E-state index contributed by atoms with van der Waals surface area (Å²) >= 11 is 0. The largest absolute Gasteiger partial charge is 0.240 e. The fraction of sp³-hybridized carbons (Fsp3) is 0.294. The van der Waals surface area contributed by atoms with Crippen molar-refractivity contribution in [2.24, 2.45) is 5.92 Å². The molecule has 0 saturated carbocycles. The highest BCUT2D eigenvalue weighted by Gasteiger charge is 2.22. The molecule has 2 aromatic carbocycles. The molecular formula is C17H21NO2S. The molecule has 2 aromatic rings. The van der Waals surface area contributed by atoms with Crippen LogP contribution in [0, 0.1) is 5.92 Å². The first-order valence-electron chi connectivity index (χ1n) is 7.10. The second-order valence-corrected chi connectivity index (χ2v) is 7.19. The van der Waals surface area contributed by atoms with Gasteiger partial charge in [0.15, 0.2) is 0 Å². The van der Waals surface area contributed by atoms with Crippen LogP contribution in [0.4, 0.5) is 0 Å². The van der Waals surface area contributed by atoms with Crippen molar-refractivity contribution >= 4 is 10.0 Å². The van der Waals surface area contributed by atoms with Gasteiger partial charge in [-0.1, -0.05) is 62.4 Å². The van der Waals surface area contributed by atoms with Crippen LogP contribution in [0.15, 0.2) is 65.6 Å². The summed E-state index contributed by atoms with van der Waals surface area (Å²) in [4.78, 5) is 0.309. The SMILES string of the molecule is CC(C)C(Cc1ccccc1)NS(=O)(=O)c1ccccc1. The van der Waals surface area contributed by atoms with Crippen molar-refractivity contribution in [1.82, 2.24) is 4.72 Å². The Morgan fingerprint density at radius 3 is 1.95 bits per heavy atom. The molecule has 0 spiro atoms. The summed E-state index contributed by atoms with van der Waals surface area (Å²) in [5, 5.41) is 0. The molecule has 0 radical (unpaired) electrons. The number of rotatable bonds is 6. The van der Waals surface area contributed by atoms with E-state index in [1.54, 1.807) is 24.3 Å². The maximum atomic E-state index is 12.4. The van der Waals surface area contributed by atoms with Crippen LogP contribution in [-0.2, 0) is 16.4 Å². The van der Waals surface area contributed by atoms with Crippen LogP contribution in [0.3, 0.4) is 0 Å². The zero-order chi connectivity index (χ0) is 15.3. The van der Waals surface area contributed by atoms with Crippen LogP contribution in [0.5, 0.6) is 0 Å². The van der Waals surface area contributed by atoms with E-state index in [2.05, 4.69) is 4.72 Å². The molecule has 0 fully saturated rings. The molecule has 0 aliphatic carbocycles. The molecule has 1 unspecified atom stereocenters. The Morgan fingerprint density at radius 2 is 1.43 bits per heavy atom. The van der Waals surface area contributed by atoms with Crippen LogP contribution < -0.4 is 4.72 Å². The predicted molar refractivity (Wildman–Crippen MR) is 85.5 cm³/mol. The number of hydrogen-bond donors (Lipinski definition) is 1. The highest BCUT2D eigenvalue weighted by Crippen LogP contribution is 2.15. The quantitative estimate of drug-likeness (QED) is 0.890. The molecule has 1 atom stereocenters. The van der Waals surface area contributed by atoms with Crippen LogP contribution in [-0.4, -0.2) is 14.5 Å². The van der Waals surface area contributed by atoms with Gasteiger partial charge in [-0.3, -0.25) is 0 Å². The summed E-state index contributed by atoms with van der Waals surface area (Å²) < 4.78 is 27.7. The lowest BCUT2D eigenvalue weighted by atomic mass is 9.97. The molecule has 0 aromatic heterocycles. The summed E-state index contributed by atoms with van der Waals surface area (Å²) in [6.07, 6.45) is 0.685. The monoisotopic (exact) mass is 303 g/mol. The fourth-order valence-electron chi connectivity index (χ4n) is 2.15. The van der Waals surface area contributed by atoms with Gasteiger partial charge in [-0.15, -0.1) is 0 Å². The number of hydrogen-bond acceptors (Lipinski definition) is 2. The van der Waals surface area contributed by atoms with Crippen LogP contribution >= 0.6 is 0 Å². The lowest BCUT2D eigenvalue weighted by Gasteiger charge is -2.22. The van der Waals surface area contributed by atoms with E-state index in [9.17, 15) is 8.42 Å². The molecule has 0 heterocycles.